The average molecular weight is 368 g/mol. The van der Waals surface area contributed by atoms with Gasteiger partial charge in [0, 0.05) is 48.5 Å². The number of fused-ring (bicyclic) bond motifs is 3. The largest absolute Gasteiger partial charge is 0.345 e. The molecule has 4 aliphatic rings. The maximum absolute atomic E-state index is 2.58. The number of rotatable bonds is 1. The molecule has 2 aromatic rings. The lowest BCUT2D eigenvalue weighted by molar-refractivity contribution is -0.429. The highest BCUT2D eigenvalue weighted by atomic mass is 15.2. The van der Waals surface area contributed by atoms with Crippen LogP contribution in [0, 0.1) is 5.92 Å². The molecule has 0 aromatic heterocycles. The fraction of sp³-hybridized carbons (Fsp3) is 0.346. The van der Waals surface area contributed by atoms with Gasteiger partial charge in [0.2, 0.25) is 5.69 Å². The minimum atomic E-state index is 0.753. The van der Waals surface area contributed by atoms with Gasteiger partial charge < -0.3 is 4.90 Å². The molecular weight excluding hydrogens is 340 g/mol. The Hall–Kier alpha value is -2.61. The summed E-state index contributed by atoms with van der Waals surface area (Å²) in [7, 11) is 0. The first-order chi connectivity index (χ1) is 13.9. The molecule has 140 valence electrons. The van der Waals surface area contributed by atoms with Crippen molar-refractivity contribution in [1.29, 1.82) is 0 Å². The van der Waals surface area contributed by atoms with Crippen molar-refractivity contribution in [2.75, 3.05) is 18.0 Å². The molecule has 1 unspecified atom stereocenters. The highest BCUT2D eigenvalue weighted by molar-refractivity contribution is 5.94. The topological polar surface area (TPSA) is 6.25 Å². The Morgan fingerprint density at radius 1 is 0.786 bits per heavy atom. The van der Waals surface area contributed by atoms with Crippen molar-refractivity contribution in [3.63, 3.8) is 0 Å². The van der Waals surface area contributed by atoms with Crippen molar-refractivity contribution >= 4 is 17.1 Å². The molecule has 2 heteroatoms. The Morgan fingerprint density at radius 2 is 1.61 bits per heavy atom. The number of nitrogens with zero attached hydrogens (tertiary/aromatic N) is 2. The van der Waals surface area contributed by atoms with Crippen LogP contribution in [0.3, 0.4) is 0 Å². The monoisotopic (exact) mass is 367 g/mol. The van der Waals surface area contributed by atoms with Gasteiger partial charge in [-0.2, -0.15) is 4.58 Å². The second-order valence-electron chi connectivity index (χ2n) is 8.61. The van der Waals surface area contributed by atoms with Crippen LogP contribution in [0.5, 0.6) is 0 Å². The van der Waals surface area contributed by atoms with Gasteiger partial charge in [-0.1, -0.05) is 36.4 Å². The van der Waals surface area contributed by atoms with Gasteiger partial charge in [0.25, 0.3) is 0 Å². The van der Waals surface area contributed by atoms with E-state index in [2.05, 4.69) is 70.2 Å². The van der Waals surface area contributed by atoms with Gasteiger partial charge in [0.05, 0.1) is 0 Å². The molecule has 0 bridgehead atoms. The number of anilines is 1. The zero-order chi connectivity index (χ0) is 18.5. The maximum atomic E-state index is 2.58. The highest BCUT2D eigenvalue weighted by Crippen LogP contribution is 2.40. The van der Waals surface area contributed by atoms with Crippen molar-refractivity contribution in [2.45, 2.75) is 38.5 Å². The minimum Gasteiger partial charge on any atom is -0.345 e. The van der Waals surface area contributed by atoms with Crippen molar-refractivity contribution in [1.82, 2.24) is 0 Å². The first-order valence-corrected chi connectivity index (χ1v) is 10.9. The predicted octanol–water partition coefficient (Wildman–Crippen LogP) is 5.40. The summed E-state index contributed by atoms with van der Waals surface area (Å²) in [5.41, 5.74) is 10.5. The van der Waals surface area contributed by atoms with E-state index in [0.717, 1.165) is 19.0 Å². The van der Waals surface area contributed by atoms with Crippen LogP contribution < -0.4 is 4.90 Å². The van der Waals surface area contributed by atoms with Crippen LogP contribution in [0.25, 0.3) is 0 Å². The van der Waals surface area contributed by atoms with E-state index in [-0.39, 0.29) is 0 Å². The Morgan fingerprint density at radius 3 is 2.57 bits per heavy atom. The standard InChI is InChI=1S/C26H27N2/c1-3-7-25-20(5-1)13-15-27(25)23-11-9-19-10-12-24(18-22(19)17-23)28-16-14-21-6-2-4-8-26(21)28/h1-8,17-19H,9-16H2/q+1. The van der Waals surface area contributed by atoms with Crippen molar-refractivity contribution in [3.05, 3.63) is 83.1 Å². The van der Waals surface area contributed by atoms with Gasteiger partial charge in [0.1, 0.15) is 0 Å². The molecule has 0 fully saturated rings. The predicted molar refractivity (Wildman–Crippen MR) is 116 cm³/mol. The number of hydrogen-bond acceptors (Lipinski definition) is 1. The van der Waals surface area contributed by atoms with E-state index < -0.39 is 0 Å². The first-order valence-electron chi connectivity index (χ1n) is 10.9. The van der Waals surface area contributed by atoms with Crippen LogP contribution >= 0.6 is 0 Å². The van der Waals surface area contributed by atoms with Gasteiger partial charge in [0.15, 0.2) is 12.3 Å². The van der Waals surface area contributed by atoms with Crippen LogP contribution in [0.15, 0.2) is 72.0 Å². The summed E-state index contributed by atoms with van der Waals surface area (Å²) in [6, 6.07) is 17.9. The third-order valence-electron chi connectivity index (χ3n) is 7.10. The molecule has 2 aliphatic heterocycles. The normalized spacial score (nSPS) is 25.7. The molecule has 28 heavy (non-hydrogen) atoms. The van der Waals surface area contributed by atoms with Gasteiger partial charge in [-0.15, -0.1) is 0 Å². The summed E-state index contributed by atoms with van der Waals surface area (Å²) in [6.45, 7) is 2.28. The highest BCUT2D eigenvalue weighted by Gasteiger charge is 2.32. The average Bonchev–Trinajstić information content (AvgIpc) is 3.37. The van der Waals surface area contributed by atoms with E-state index in [0.29, 0.717) is 0 Å². The van der Waals surface area contributed by atoms with E-state index >= 15 is 0 Å². The second-order valence-corrected chi connectivity index (χ2v) is 8.61. The summed E-state index contributed by atoms with van der Waals surface area (Å²) in [5.74, 6) is 0.753. The molecule has 2 nitrogen and oxygen atoms in total. The molecule has 2 aliphatic carbocycles. The summed E-state index contributed by atoms with van der Waals surface area (Å²) in [5, 5.41) is 0. The zero-order valence-corrected chi connectivity index (χ0v) is 16.4. The third-order valence-corrected chi connectivity index (χ3v) is 7.10. The fourth-order valence-electron chi connectivity index (χ4n) is 5.63. The van der Waals surface area contributed by atoms with E-state index in [9.17, 15) is 0 Å². The SMILES string of the molecule is C1=C2C=C(N3CCc4ccccc43)CCC2CCC1=[N+]1CCc2ccccc21. The molecule has 0 radical (unpaired) electrons. The Labute approximate surface area is 167 Å². The lowest BCUT2D eigenvalue weighted by Gasteiger charge is -2.32. The van der Waals surface area contributed by atoms with Gasteiger partial charge in [-0.05, 0) is 54.9 Å². The molecule has 2 heterocycles. The molecule has 0 N–H and O–H groups in total. The maximum Gasteiger partial charge on any atom is 0.208 e. The van der Waals surface area contributed by atoms with E-state index in [1.807, 2.05) is 0 Å². The van der Waals surface area contributed by atoms with Gasteiger partial charge >= 0.3 is 0 Å². The molecule has 1 atom stereocenters. The molecule has 0 spiro atoms. The summed E-state index contributed by atoms with van der Waals surface area (Å²) in [4.78, 5) is 2.58. The minimum absolute atomic E-state index is 0.753. The van der Waals surface area contributed by atoms with Gasteiger partial charge in [-0.25, -0.2) is 0 Å². The van der Waals surface area contributed by atoms with Crippen LogP contribution in [0.1, 0.15) is 36.8 Å². The van der Waals surface area contributed by atoms with Crippen LogP contribution in [-0.2, 0) is 12.8 Å². The lowest BCUT2D eigenvalue weighted by Crippen LogP contribution is -2.27. The Balaban J connectivity index is 1.38. The molecule has 6 rings (SSSR count). The first kappa shape index (κ1) is 16.4. The second kappa shape index (κ2) is 6.48. The summed E-state index contributed by atoms with van der Waals surface area (Å²) < 4.78 is 2.58. The number of benzene rings is 2. The fourth-order valence-corrected chi connectivity index (χ4v) is 5.63. The van der Waals surface area contributed by atoms with E-state index in [1.165, 1.54) is 72.4 Å². The Kier molecular flexibility index (Phi) is 3.78. The molecular formula is C26H27N2+. The van der Waals surface area contributed by atoms with Gasteiger partial charge in [-0.3, -0.25) is 0 Å². The van der Waals surface area contributed by atoms with Crippen molar-refractivity contribution in [2.24, 2.45) is 5.92 Å². The van der Waals surface area contributed by atoms with E-state index in [1.54, 1.807) is 5.57 Å². The smallest absolute Gasteiger partial charge is 0.208 e. The van der Waals surface area contributed by atoms with Crippen LogP contribution in [0.4, 0.5) is 11.4 Å². The zero-order valence-electron chi connectivity index (χ0n) is 16.4. The number of hydrogen-bond donors (Lipinski definition) is 0. The summed E-state index contributed by atoms with van der Waals surface area (Å²) >= 11 is 0. The quantitative estimate of drug-likeness (QED) is 0.611. The van der Waals surface area contributed by atoms with Crippen LogP contribution in [0.2, 0.25) is 0 Å². The van der Waals surface area contributed by atoms with E-state index in [4.69, 9.17) is 0 Å². The molecule has 0 saturated carbocycles. The molecule has 0 amide bonds. The van der Waals surface area contributed by atoms with Crippen molar-refractivity contribution in [3.8, 4) is 0 Å². The summed E-state index contributed by atoms with van der Waals surface area (Å²) in [6.07, 6.45) is 12.5. The lowest BCUT2D eigenvalue weighted by atomic mass is 9.79. The third kappa shape index (κ3) is 2.58. The van der Waals surface area contributed by atoms with Crippen molar-refractivity contribution < 1.29 is 4.58 Å². The number of allylic oxidation sites excluding steroid dienone is 4. The van der Waals surface area contributed by atoms with Crippen LogP contribution in [-0.4, -0.2) is 23.4 Å². The Bertz CT molecular complexity index is 1040. The number of para-hydroxylation sites is 2. The molecule has 2 aromatic carbocycles. The molecule has 0 saturated heterocycles.